The Labute approximate surface area is 96.7 Å². The van der Waals surface area contributed by atoms with E-state index >= 15 is 0 Å². The molecule has 2 rings (SSSR count). The third-order valence-corrected chi connectivity index (χ3v) is 2.30. The van der Waals surface area contributed by atoms with Crippen molar-refractivity contribution in [1.82, 2.24) is 24.8 Å². The Balaban J connectivity index is 2.28. The highest BCUT2D eigenvalue weighted by molar-refractivity contribution is 4.98. The first-order chi connectivity index (χ1) is 8.20. The predicted octanol–water partition coefficient (Wildman–Crippen LogP) is 0.432. The van der Waals surface area contributed by atoms with Crippen LogP contribution in [0.5, 0.6) is 0 Å². The van der Waals surface area contributed by atoms with Crippen molar-refractivity contribution in [3.8, 4) is 0 Å². The van der Waals surface area contributed by atoms with Crippen molar-refractivity contribution in [3.63, 3.8) is 0 Å². The molecule has 90 valence electrons. The van der Waals surface area contributed by atoms with E-state index in [0.717, 1.165) is 18.7 Å². The number of rotatable bonds is 4. The Bertz CT molecular complexity index is 562. The van der Waals surface area contributed by atoms with Crippen molar-refractivity contribution in [1.29, 1.82) is 0 Å². The highest BCUT2D eigenvalue weighted by Crippen LogP contribution is 1.98. The van der Waals surface area contributed by atoms with E-state index in [1.807, 2.05) is 6.92 Å². The molecule has 0 unspecified atom stereocenters. The SMILES string of the molecule is CCCn1nnnc1Cn1cc(F)ccc1=O. The summed E-state index contributed by atoms with van der Waals surface area (Å²) < 4.78 is 15.9. The molecule has 0 saturated carbocycles. The first kappa shape index (κ1) is 11.4. The summed E-state index contributed by atoms with van der Waals surface area (Å²) in [5, 5.41) is 11.2. The summed E-state index contributed by atoms with van der Waals surface area (Å²) in [7, 11) is 0. The zero-order valence-electron chi connectivity index (χ0n) is 9.38. The van der Waals surface area contributed by atoms with Gasteiger partial charge in [0.15, 0.2) is 5.82 Å². The van der Waals surface area contributed by atoms with E-state index in [-0.39, 0.29) is 12.1 Å². The van der Waals surface area contributed by atoms with Crippen molar-refractivity contribution < 1.29 is 4.39 Å². The smallest absolute Gasteiger partial charge is 0.251 e. The molecule has 2 aromatic rings. The molecular weight excluding hydrogens is 225 g/mol. The summed E-state index contributed by atoms with van der Waals surface area (Å²) in [6.07, 6.45) is 2.03. The molecule has 6 nitrogen and oxygen atoms in total. The summed E-state index contributed by atoms with van der Waals surface area (Å²) in [6.45, 7) is 2.84. The van der Waals surface area contributed by atoms with Crippen LogP contribution in [0.25, 0.3) is 0 Å². The van der Waals surface area contributed by atoms with Crippen molar-refractivity contribution in [2.75, 3.05) is 0 Å². The lowest BCUT2D eigenvalue weighted by molar-refractivity contribution is 0.533. The molecule has 0 aliphatic rings. The zero-order valence-corrected chi connectivity index (χ0v) is 9.38. The number of hydrogen-bond donors (Lipinski definition) is 0. The molecule has 17 heavy (non-hydrogen) atoms. The molecule has 0 radical (unpaired) electrons. The van der Waals surface area contributed by atoms with Gasteiger partial charge in [-0.25, -0.2) is 9.07 Å². The van der Waals surface area contributed by atoms with Crippen molar-refractivity contribution in [2.24, 2.45) is 0 Å². The van der Waals surface area contributed by atoms with Crippen LogP contribution >= 0.6 is 0 Å². The summed E-state index contributed by atoms with van der Waals surface area (Å²) in [4.78, 5) is 11.5. The van der Waals surface area contributed by atoms with Gasteiger partial charge in [0.05, 0.1) is 6.54 Å². The molecule has 7 heteroatoms. The van der Waals surface area contributed by atoms with Crippen molar-refractivity contribution in [3.05, 3.63) is 40.3 Å². The largest absolute Gasteiger partial charge is 0.305 e. The maximum Gasteiger partial charge on any atom is 0.251 e. The second kappa shape index (κ2) is 4.86. The third-order valence-electron chi connectivity index (χ3n) is 2.30. The second-order valence-electron chi connectivity index (χ2n) is 3.63. The fourth-order valence-electron chi connectivity index (χ4n) is 1.50. The molecule has 0 amide bonds. The van der Waals surface area contributed by atoms with Crippen LogP contribution in [-0.4, -0.2) is 24.8 Å². The van der Waals surface area contributed by atoms with Crippen molar-refractivity contribution in [2.45, 2.75) is 26.4 Å². The number of tetrazole rings is 1. The van der Waals surface area contributed by atoms with Crippen LogP contribution in [0.15, 0.2) is 23.1 Å². The Hall–Kier alpha value is -2.05. The number of pyridine rings is 1. The molecule has 0 spiro atoms. The van der Waals surface area contributed by atoms with Gasteiger partial charge in [-0.1, -0.05) is 6.92 Å². The minimum atomic E-state index is -0.459. The van der Waals surface area contributed by atoms with E-state index in [9.17, 15) is 9.18 Å². The molecule has 0 bridgehead atoms. The average molecular weight is 237 g/mol. The van der Waals surface area contributed by atoms with E-state index in [2.05, 4.69) is 15.5 Å². The van der Waals surface area contributed by atoms with Gasteiger partial charge in [0.1, 0.15) is 5.82 Å². The van der Waals surface area contributed by atoms with Crippen LogP contribution in [0.2, 0.25) is 0 Å². The predicted molar refractivity (Wildman–Crippen MR) is 57.9 cm³/mol. The lowest BCUT2D eigenvalue weighted by Crippen LogP contribution is -2.21. The quantitative estimate of drug-likeness (QED) is 0.773. The first-order valence-corrected chi connectivity index (χ1v) is 5.31. The molecule has 0 saturated heterocycles. The Kier molecular flexibility index (Phi) is 3.27. The van der Waals surface area contributed by atoms with Gasteiger partial charge in [0.2, 0.25) is 0 Å². The summed E-state index contributed by atoms with van der Waals surface area (Å²) in [5.74, 6) is 0.0821. The van der Waals surface area contributed by atoms with Crippen LogP contribution < -0.4 is 5.56 Å². The van der Waals surface area contributed by atoms with E-state index in [1.165, 1.54) is 10.6 Å². The fraction of sp³-hybridized carbons (Fsp3) is 0.400. The zero-order chi connectivity index (χ0) is 12.3. The standard InChI is InChI=1S/C10H12FN5O/c1-2-5-16-9(12-13-14-16)7-15-6-8(11)3-4-10(15)17/h3-4,6H,2,5,7H2,1H3. The monoisotopic (exact) mass is 237 g/mol. The van der Waals surface area contributed by atoms with Crippen LogP contribution in [0, 0.1) is 5.82 Å². The van der Waals surface area contributed by atoms with E-state index in [1.54, 1.807) is 4.68 Å². The van der Waals surface area contributed by atoms with Gasteiger partial charge in [-0.05, 0) is 22.9 Å². The van der Waals surface area contributed by atoms with Gasteiger partial charge in [-0.15, -0.1) is 5.10 Å². The normalized spacial score (nSPS) is 10.7. The van der Waals surface area contributed by atoms with E-state index < -0.39 is 5.82 Å². The summed E-state index contributed by atoms with van der Waals surface area (Å²) >= 11 is 0. The molecule has 2 heterocycles. The minimum Gasteiger partial charge on any atom is -0.305 e. The third kappa shape index (κ3) is 2.55. The first-order valence-electron chi connectivity index (χ1n) is 5.31. The van der Waals surface area contributed by atoms with Crippen LogP contribution in [0.3, 0.4) is 0 Å². The lowest BCUT2D eigenvalue weighted by Gasteiger charge is -2.05. The summed E-state index contributed by atoms with van der Waals surface area (Å²) in [5.41, 5.74) is -0.280. The van der Waals surface area contributed by atoms with Gasteiger partial charge in [0.25, 0.3) is 5.56 Å². The topological polar surface area (TPSA) is 65.6 Å². The van der Waals surface area contributed by atoms with Crippen LogP contribution in [-0.2, 0) is 13.1 Å². The average Bonchev–Trinajstić information content (AvgIpc) is 2.72. The maximum absolute atomic E-state index is 13.0. The molecule has 0 aromatic carbocycles. The Morgan fingerprint density at radius 2 is 2.24 bits per heavy atom. The highest BCUT2D eigenvalue weighted by Gasteiger charge is 2.07. The summed E-state index contributed by atoms with van der Waals surface area (Å²) in [6, 6.07) is 2.32. The van der Waals surface area contributed by atoms with Gasteiger partial charge in [0, 0.05) is 18.8 Å². The Morgan fingerprint density at radius 1 is 1.41 bits per heavy atom. The van der Waals surface area contributed by atoms with Crippen molar-refractivity contribution >= 4 is 0 Å². The molecule has 0 aliphatic heterocycles. The highest BCUT2D eigenvalue weighted by atomic mass is 19.1. The fourth-order valence-corrected chi connectivity index (χ4v) is 1.50. The maximum atomic E-state index is 13.0. The molecule has 0 atom stereocenters. The molecule has 0 N–H and O–H groups in total. The molecule has 0 aliphatic carbocycles. The van der Waals surface area contributed by atoms with Gasteiger partial charge >= 0.3 is 0 Å². The number of aromatic nitrogens is 5. The number of aryl methyl sites for hydroxylation is 1. The molecular formula is C10H12FN5O. The minimum absolute atomic E-state index is 0.170. The van der Waals surface area contributed by atoms with Crippen LogP contribution in [0.4, 0.5) is 4.39 Å². The molecule has 0 fully saturated rings. The Morgan fingerprint density at radius 3 is 3.00 bits per heavy atom. The van der Waals surface area contributed by atoms with E-state index in [0.29, 0.717) is 12.4 Å². The lowest BCUT2D eigenvalue weighted by atomic mass is 10.4. The van der Waals surface area contributed by atoms with Gasteiger partial charge in [-0.3, -0.25) is 4.79 Å². The van der Waals surface area contributed by atoms with Crippen LogP contribution in [0.1, 0.15) is 19.2 Å². The molecule has 2 aromatic heterocycles. The second-order valence-corrected chi connectivity index (χ2v) is 3.63. The van der Waals surface area contributed by atoms with Gasteiger partial charge in [-0.2, -0.15) is 0 Å². The number of hydrogen-bond acceptors (Lipinski definition) is 4. The van der Waals surface area contributed by atoms with Gasteiger partial charge < -0.3 is 4.57 Å². The van der Waals surface area contributed by atoms with E-state index in [4.69, 9.17) is 0 Å². The number of halogens is 1. The number of nitrogens with zero attached hydrogens (tertiary/aromatic N) is 5.